The lowest BCUT2D eigenvalue weighted by Crippen LogP contribution is -2.52. The van der Waals surface area contributed by atoms with E-state index in [4.69, 9.17) is 9.47 Å². The minimum absolute atomic E-state index is 0.177. The Bertz CT molecular complexity index is 401. The molecule has 5 rings (SSSR count). The van der Waals surface area contributed by atoms with E-state index in [-0.39, 0.29) is 11.7 Å². The Morgan fingerprint density at radius 1 is 0.960 bits per heavy atom. The lowest BCUT2D eigenvalue weighted by Gasteiger charge is -2.56. The molecule has 5 heteroatoms. The molecular weight excluding hydrogens is 316 g/mol. The molecule has 1 N–H and O–H groups in total. The molecule has 0 aromatic carbocycles. The second-order valence-electron chi connectivity index (χ2n) is 9.28. The number of aliphatic hydroxyl groups is 1. The molecule has 1 atom stereocenters. The zero-order valence-electron chi connectivity index (χ0n) is 15.9. The van der Waals surface area contributed by atoms with Crippen LogP contribution in [0.15, 0.2) is 0 Å². The molecule has 0 aromatic rings. The summed E-state index contributed by atoms with van der Waals surface area (Å²) in [6.07, 6.45) is 7.83. The molecule has 0 amide bonds. The van der Waals surface area contributed by atoms with Crippen molar-refractivity contribution in [2.75, 3.05) is 59.6 Å². The maximum Gasteiger partial charge on any atom is 0.0900 e. The molecule has 4 aliphatic carbocycles. The second kappa shape index (κ2) is 7.81. The molecule has 4 saturated carbocycles. The molecule has 0 aromatic heterocycles. The first-order chi connectivity index (χ1) is 12.1. The van der Waals surface area contributed by atoms with E-state index in [0.717, 1.165) is 50.5 Å². The molecule has 4 bridgehead atoms. The topological polar surface area (TPSA) is 45.2 Å². The van der Waals surface area contributed by atoms with E-state index in [1.807, 2.05) is 0 Å². The van der Waals surface area contributed by atoms with Crippen molar-refractivity contribution in [3.63, 3.8) is 0 Å². The van der Waals surface area contributed by atoms with Crippen molar-refractivity contribution >= 4 is 0 Å². The summed E-state index contributed by atoms with van der Waals surface area (Å²) in [7, 11) is 2.15. The zero-order valence-corrected chi connectivity index (χ0v) is 15.9. The lowest BCUT2D eigenvalue weighted by atomic mass is 9.54. The van der Waals surface area contributed by atoms with Crippen LogP contribution in [-0.2, 0) is 9.47 Å². The van der Waals surface area contributed by atoms with E-state index in [0.29, 0.717) is 19.8 Å². The Kier molecular flexibility index (Phi) is 5.68. The molecule has 1 aliphatic heterocycles. The molecule has 5 nitrogen and oxygen atoms in total. The van der Waals surface area contributed by atoms with Gasteiger partial charge in [0.15, 0.2) is 0 Å². The Morgan fingerprint density at radius 3 is 2.16 bits per heavy atom. The minimum atomic E-state index is -0.386. The number of hydrogen-bond acceptors (Lipinski definition) is 5. The molecule has 1 heterocycles. The lowest BCUT2D eigenvalue weighted by molar-refractivity contribution is -0.170. The molecule has 0 radical (unpaired) electrons. The predicted octanol–water partition coefficient (Wildman–Crippen LogP) is 1.60. The van der Waals surface area contributed by atoms with Crippen LogP contribution in [-0.4, -0.2) is 86.2 Å². The van der Waals surface area contributed by atoms with Crippen molar-refractivity contribution in [2.45, 2.75) is 50.2 Å². The van der Waals surface area contributed by atoms with Crippen molar-refractivity contribution < 1.29 is 14.6 Å². The quantitative estimate of drug-likeness (QED) is 0.672. The first-order valence-corrected chi connectivity index (χ1v) is 10.4. The van der Waals surface area contributed by atoms with E-state index >= 15 is 0 Å². The number of aliphatic hydroxyl groups excluding tert-OH is 1. The fourth-order valence-electron chi connectivity index (χ4n) is 6.13. The zero-order chi connectivity index (χ0) is 17.3. The summed E-state index contributed by atoms with van der Waals surface area (Å²) in [6, 6.07) is 0. The third-order valence-electron chi connectivity index (χ3n) is 6.99. The first kappa shape index (κ1) is 18.2. The normalized spacial score (nSPS) is 39.8. The summed E-state index contributed by atoms with van der Waals surface area (Å²) in [5.41, 5.74) is 0.177. The summed E-state index contributed by atoms with van der Waals surface area (Å²) >= 11 is 0. The fraction of sp³-hybridized carbons (Fsp3) is 1.00. The first-order valence-electron chi connectivity index (χ1n) is 10.4. The van der Waals surface area contributed by atoms with Gasteiger partial charge >= 0.3 is 0 Å². The van der Waals surface area contributed by atoms with Crippen molar-refractivity contribution in [2.24, 2.45) is 17.8 Å². The van der Waals surface area contributed by atoms with Crippen molar-refractivity contribution in [3.05, 3.63) is 0 Å². The van der Waals surface area contributed by atoms with Gasteiger partial charge in [-0.15, -0.1) is 0 Å². The van der Waals surface area contributed by atoms with Crippen LogP contribution in [0.3, 0.4) is 0 Å². The Labute approximate surface area is 152 Å². The second-order valence-corrected chi connectivity index (χ2v) is 9.28. The van der Waals surface area contributed by atoms with Crippen LogP contribution >= 0.6 is 0 Å². The van der Waals surface area contributed by atoms with Crippen LogP contribution in [0, 0.1) is 17.8 Å². The molecule has 0 unspecified atom stereocenters. The van der Waals surface area contributed by atoms with Gasteiger partial charge in [0.25, 0.3) is 0 Å². The highest BCUT2D eigenvalue weighted by molar-refractivity contribution is 5.03. The molecule has 5 fully saturated rings. The van der Waals surface area contributed by atoms with Crippen LogP contribution in [0.5, 0.6) is 0 Å². The Morgan fingerprint density at radius 2 is 1.56 bits per heavy atom. The predicted molar refractivity (Wildman–Crippen MR) is 97.6 cm³/mol. The van der Waals surface area contributed by atoms with Crippen molar-refractivity contribution in [1.82, 2.24) is 9.80 Å². The number of rotatable bonds is 8. The van der Waals surface area contributed by atoms with Gasteiger partial charge in [0.05, 0.1) is 31.5 Å². The van der Waals surface area contributed by atoms with Crippen LogP contribution in [0.25, 0.3) is 0 Å². The number of nitrogens with zero attached hydrogens (tertiary/aromatic N) is 2. The summed E-state index contributed by atoms with van der Waals surface area (Å²) < 4.78 is 12.1. The van der Waals surface area contributed by atoms with Crippen molar-refractivity contribution in [1.29, 1.82) is 0 Å². The number of β-amino-alcohol motifs (C(OH)–C–C–N with tert-alkyl or cyclic N) is 1. The SMILES string of the molecule is CN1CCN(C[C@@H](O)COCCOC23CC4CC(CC(C4)C2)C3)CC1. The molecular formula is C20H36N2O3. The smallest absolute Gasteiger partial charge is 0.0900 e. The van der Waals surface area contributed by atoms with Gasteiger partial charge in [-0.2, -0.15) is 0 Å². The highest BCUT2D eigenvalue weighted by atomic mass is 16.5. The van der Waals surface area contributed by atoms with Gasteiger partial charge in [0, 0.05) is 32.7 Å². The van der Waals surface area contributed by atoms with Crippen molar-refractivity contribution in [3.8, 4) is 0 Å². The number of hydrogen-bond donors (Lipinski definition) is 1. The number of ether oxygens (including phenoxy) is 2. The van der Waals surface area contributed by atoms with E-state index < -0.39 is 0 Å². The molecule has 5 aliphatic rings. The van der Waals surface area contributed by atoms with Gasteiger partial charge in [0.2, 0.25) is 0 Å². The van der Waals surface area contributed by atoms with Gasteiger partial charge in [-0.3, -0.25) is 4.90 Å². The van der Waals surface area contributed by atoms with Crippen LogP contribution in [0.1, 0.15) is 38.5 Å². The monoisotopic (exact) mass is 352 g/mol. The van der Waals surface area contributed by atoms with Crippen LogP contribution in [0.4, 0.5) is 0 Å². The average Bonchev–Trinajstić information content (AvgIpc) is 2.55. The summed E-state index contributed by atoms with van der Waals surface area (Å²) in [6.45, 7) is 6.72. The van der Waals surface area contributed by atoms with Gasteiger partial charge < -0.3 is 19.5 Å². The third-order valence-corrected chi connectivity index (χ3v) is 6.99. The maximum atomic E-state index is 10.2. The molecule has 25 heavy (non-hydrogen) atoms. The number of piperazine rings is 1. The van der Waals surface area contributed by atoms with E-state index in [2.05, 4.69) is 16.8 Å². The third kappa shape index (κ3) is 4.56. The largest absolute Gasteiger partial charge is 0.389 e. The highest BCUT2D eigenvalue weighted by Gasteiger charge is 2.51. The van der Waals surface area contributed by atoms with Crippen LogP contribution < -0.4 is 0 Å². The van der Waals surface area contributed by atoms with Gasteiger partial charge in [-0.1, -0.05) is 0 Å². The Hall–Kier alpha value is -0.200. The fourth-order valence-corrected chi connectivity index (χ4v) is 6.13. The number of likely N-dealkylation sites (N-methyl/N-ethyl adjacent to an activating group) is 1. The summed E-state index contributed by atoms with van der Waals surface area (Å²) in [5.74, 6) is 2.78. The molecule has 0 spiro atoms. The summed E-state index contributed by atoms with van der Waals surface area (Å²) in [4.78, 5) is 4.67. The van der Waals surface area contributed by atoms with Gasteiger partial charge in [0.1, 0.15) is 0 Å². The minimum Gasteiger partial charge on any atom is -0.389 e. The van der Waals surface area contributed by atoms with Gasteiger partial charge in [-0.25, -0.2) is 0 Å². The maximum absolute atomic E-state index is 10.2. The summed E-state index contributed by atoms with van der Waals surface area (Å²) in [5, 5.41) is 10.2. The Balaban J connectivity index is 1.10. The standard InChI is InChI=1S/C20H36N2O3/c1-21-2-4-22(5-3-21)14-19(23)15-24-6-7-25-20-11-16-8-17(12-20)10-18(9-16)13-20/h16-19,23H,2-15H2,1H3/t16?,17?,18?,19-,20?/m1/s1. The van der Waals surface area contributed by atoms with Gasteiger partial charge in [-0.05, 0) is 63.3 Å². The van der Waals surface area contributed by atoms with Crippen LogP contribution in [0.2, 0.25) is 0 Å². The highest BCUT2D eigenvalue weighted by Crippen LogP contribution is 2.57. The average molecular weight is 353 g/mol. The van der Waals surface area contributed by atoms with E-state index in [1.54, 1.807) is 0 Å². The molecule has 144 valence electrons. The van der Waals surface area contributed by atoms with E-state index in [9.17, 15) is 5.11 Å². The van der Waals surface area contributed by atoms with E-state index in [1.165, 1.54) is 38.5 Å². The molecule has 1 saturated heterocycles.